The predicted octanol–water partition coefficient (Wildman–Crippen LogP) is 2.20. The van der Waals surface area contributed by atoms with E-state index in [0.717, 1.165) is 17.3 Å². The molecule has 0 radical (unpaired) electrons. The third-order valence-corrected chi connectivity index (χ3v) is 2.34. The minimum atomic E-state index is 0.528. The summed E-state index contributed by atoms with van der Waals surface area (Å²) in [5.41, 5.74) is 5.63. The van der Waals surface area contributed by atoms with E-state index in [-0.39, 0.29) is 0 Å². The van der Waals surface area contributed by atoms with E-state index in [9.17, 15) is 0 Å². The van der Waals surface area contributed by atoms with Crippen molar-refractivity contribution >= 4 is 11.6 Å². The molecule has 0 aliphatic carbocycles. The van der Waals surface area contributed by atoms with E-state index in [1.165, 1.54) is 0 Å². The van der Waals surface area contributed by atoms with Crippen LogP contribution in [0.4, 0.5) is 11.6 Å². The van der Waals surface area contributed by atoms with Gasteiger partial charge in [0.1, 0.15) is 23.2 Å². The predicted molar refractivity (Wildman–Crippen MR) is 64.2 cm³/mol. The van der Waals surface area contributed by atoms with Crippen LogP contribution in [0.1, 0.15) is 11.5 Å². The first-order valence-corrected chi connectivity index (χ1v) is 5.14. The summed E-state index contributed by atoms with van der Waals surface area (Å²) in [6.07, 6.45) is 0. The SMILES string of the molecule is Cc1ccc(CN(C)c2cccc(N)n2)o1. The summed E-state index contributed by atoms with van der Waals surface area (Å²) in [6, 6.07) is 9.51. The van der Waals surface area contributed by atoms with Gasteiger partial charge in [-0.1, -0.05) is 6.07 Å². The van der Waals surface area contributed by atoms with Crippen LogP contribution in [0.25, 0.3) is 0 Å². The number of hydrogen-bond donors (Lipinski definition) is 1. The normalized spacial score (nSPS) is 10.4. The van der Waals surface area contributed by atoms with E-state index in [2.05, 4.69) is 4.98 Å². The van der Waals surface area contributed by atoms with Crippen LogP contribution in [0, 0.1) is 6.92 Å². The molecule has 84 valence electrons. The van der Waals surface area contributed by atoms with E-state index in [4.69, 9.17) is 10.2 Å². The van der Waals surface area contributed by atoms with Crippen molar-refractivity contribution in [3.05, 3.63) is 41.9 Å². The Morgan fingerprint density at radius 3 is 2.75 bits per heavy atom. The molecule has 0 spiro atoms. The van der Waals surface area contributed by atoms with Gasteiger partial charge in [-0.05, 0) is 31.2 Å². The molecular weight excluding hydrogens is 202 g/mol. The first-order valence-electron chi connectivity index (χ1n) is 5.14. The van der Waals surface area contributed by atoms with Crippen LogP contribution in [0.15, 0.2) is 34.7 Å². The van der Waals surface area contributed by atoms with Gasteiger partial charge >= 0.3 is 0 Å². The molecule has 2 N–H and O–H groups in total. The zero-order valence-electron chi connectivity index (χ0n) is 9.47. The first-order chi connectivity index (χ1) is 7.65. The smallest absolute Gasteiger partial charge is 0.131 e. The molecule has 2 aromatic heterocycles. The number of furan rings is 1. The molecule has 0 fully saturated rings. The molecule has 2 heterocycles. The van der Waals surface area contributed by atoms with Gasteiger partial charge in [-0.15, -0.1) is 0 Å². The molecule has 0 saturated carbocycles. The number of nitrogen functional groups attached to an aromatic ring is 1. The highest BCUT2D eigenvalue weighted by atomic mass is 16.3. The lowest BCUT2D eigenvalue weighted by Crippen LogP contribution is -2.17. The third-order valence-electron chi connectivity index (χ3n) is 2.34. The summed E-state index contributed by atoms with van der Waals surface area (Å²) in [4.78, 5) is 6.23. The summed E-state index contributed by atoms with van der Waals surface area (Å²) in [7, 11) is 1.96. The molecule has 2 aromatic rings. The Bertz CT molecular complexity index is 479. The van der Waals surface area contributed by atoms with Gasteiger partial charge in [-0.25, -0.2) is 4.98 Å². The van der Waals surface area contributed by atoms with Crippen molar-refractivity contribution in [3.8, 4) is 0 Å². The lowest BCUT2D eigenvalue weighted by atomic mass is 10.3. The molecular formula is C12H15N3O. The topological polar surface area (TPSA) is 55.3 Å². The van der Waals surface area contributed by atoms with Gasteiger partial charge < -0.3 is 15.1 Å². The number of pyridine rings is 1. The minimum Gasteiger partial charge on any atom is -0.464 e. The average Bonchev–Trinajstić information content (AvgIpc) is 2.64. The lowest BCUT2D eigenvalue weighted by Gasteiger charge is -2.16. The molecule has 0 atom stereocenters. The highest BCUT2D eigenvalue weighted by Gasteiger charge is 2.06. The van der Waals surface area contributed by atoms with Crippen LogP contribution in [0.2, 0.25) is 0 Å². The number of rotatable bonds is 3. The molecule has 0 saturated heterocycles. The second-order valence-electron chi connectivity index (χ2n) is 3.79. The summed E-state index contributed by atoms with van der Waals surface area (Å²) >= 11 is 0. The van der Waals surface area contributed by atoms with Crippen LogP contribution in [0.3, 0.4) is 0 Å². The Kier molecular flexibility index (Phi) is 2.81. The Morgan fingerprint density at radius 1 is 1.31 bits per heavy atom. The monoisotopic (exact) mass is 217 g/mol. The Morgan fingerprint density at radius 2 is 2.12 bits per heavy atom. The number of aryl methyl sites for hydroxylation is 1. The fourth-order valence-corrected chi connectivity index (χ4v) is 1.54. The van der Waals surface area contributed by atoms with Crippen LogP contribution in [-0.4, -0.2) is 12.0 Å². The summed E-state index contributed by atoms with van der Waals surface area (Å²) in [5, 5.41) is 0. The summed E-state index contributed by atoms with van der Waals surface area (Å²) in [5.74, 6) is 3.21. The van der Waals surface area contributed by atoms with Crippen molar-refractivity contribution in [3.63, 3.8) is 0 Å². The van der Waals surface area contributed by atoms with Crippen LogP contribution < -0.4 is 10.6 Å². The zero-order chi connectivity index (χ0) is 11.5. The van der Waals surface area contributed by atoms with E-state index < -0.39 is 0 Å². The maximum atomic E-state index is 5.63. The summed E-state index contributed by atoms with van der Waals surface area (Å²) < 4.78 is 5.51. The maximum absolute atomic E-state index is 5.63. The van der Waals surface area contributed by atoms with Crippen molar-refractivity contribution < 1.29 is 4.42 Å². The maximum Gasteiger partial charge on any atom is 0.131 e. The minimum absolute atomic E-state index is 0.528. The molecule has 0 aromatic carbocycles. The molecule has 0 bridgehead atoms. The zero-order valence-corrected chi connectivity index (χ0v) is 9.47. The van der Waals surface area contributed by atoms with Gasteiger partial charge in [0.25, 0.3) is 0 Å². The second-order valence-corrected chi connectivity index (χ2v) is 3.79. The number of nitrogens with two attached hydrogens (primary N) is 1. The molecule has 4 nitrogen and oxygen atoms in total. The van der Waals surface area contributed by atoms with Crippen LogP contribution in [0.5, 0.6) is 0 Å². The van der Waals surface area contributed by atoms with Crippen molar-refractivity contribution in [2.24, 2.45) is 0 Å². The average molecular weight is 217 g/mol. The lowest BCUT2D eigenvalue weighted by molar-refractivity contribution is 0.481. The number of hydrogen-bond acceptors (Lipinski definition) is 4. The highest BCUT2D eigenvalue weighted by Crippen LogP contribution is 2.15. The molecule has 0 aliphatic rings. The fraction of sp³-hybridized carbons (Fsp3) is 0.250. The van der Waals surface area contributed by atoms with E-state index >= 15 is 0 Å². The van der Waals surface area contributed by atoms with Crippen molar-refractivity contribution in [2.75, 3.05) is 17.7 Å². The highest BCUT2D eigenvalue weighted by molar-refractivity contribution is 5.44. The van der Waals surface area contributed by atoms with E-state index in [1.54, 1.807) is 6.07 Å². The van der Waals surface area contributed by atoms with E-state index in [1.807, 2.05) is 43.1 Å². The standard InChI is InChI=1S/C12H15N3O/c1-9-6-7-10(16-9)8-15(2)12-5-3-4-11(13)14-12/h3-7H,8H2,1-2H3,(H2,13,14). The Hall–Kier alpha value is -1.97. The Balaban J connectivity index is 2.11. The fourth-order valence-electron chi connectivity index (χ4n) is 1.54. The molecule has 0 aliphatic heterocycles. The number of anilines is 2. The quantitative estimate of drug-likeness (QED) is 0.856. The van der Waals surface area contributed by atoms with Crippen LogP contribution in [-0.2, 0) is 6.54 Å². The molecule has 4 heteroatoms. The van der Waals surface area contributed by atoms with Crippen molar-refractivity contribution in [1.82, 2.24) is 4.98 Å². The first kappa shape index (κ1) is 10.5. The van der Waals surface area contributed by atoms with Gasteiger partial charge in [0, 0.05) is 7.05 Å². The van der Waals surface area contributed by atoms with Crippen molar-refractivity contribution in [1.29, 1.82) is 0 Å². The Labute approximate surface area is 94.7 Å². The van der Waals surface area contributed by atoms with Gasteiger partial charge in [-0.2, -0.15) is 0 Å². The van der Waals surface area contributed by atoms with Crippen LogP contribution >= 0.6 is 0 Å². The second kappa shape index (κ2) is 4.26. The van der Waals surface area contributed by atoms with E-state index in [0.29, 0.717) is 12.4 Å². The van der Waals surface area contributed by atoms with Crippen molar-refractivity contribution in [2.45, 2.75) is 13.5 Å². The largest absolute Gasteiger partial charge is 0.464 e. The molecule has 0 amide bonds. The molecule has 2 rings (SSSR count). The van der Waals surface area contributed by atoms with Gasteiger partial charge in [0.2, 0.25) is 0 Å². The number of aromatic nitrogens is 1. The van der Waals surface area contributed by atoms with Gasteiger partial charge in [0.05, 0.1) is 6.54 Å². The third kappa shape index (κ3) is 2.34. The summed E-state index contributed by atoms with van der Waals surface area (Å²) in [6.45, 7) is 2.62. The molecule has 0 unspecified atom stereocenters. The number of nitrogens with zero attached hydrogens (tertiary/aromatic N) is 2. The van der Waals surface area contributed by atoms with Gasteiger partial charge in [-0.3, -0.25) is 0 Å². The van der Waals surface area contributed by atoms with Gasteiger partial charge in [0.15, 0.2) is 0 Å². The molecule has 16 heavy (non-hydrogen) atoms.